The molecule has 23 heavy (non-hydrogen) atoms. The topological polar surface area (TPSA) is 85.7 Å². The molecule has 1 heterocycles. The first-order chi connectivity index (χ1) is 11.1. The van der Waals surface area contributed by atoms with Crippen molar-refractivity contribution in [2.75, 3.05) is 44.6 Å². The molecule has 122 valence electrons. The second-order valence-corrected chi connectivity index (χ2v) is 5.19. The Morgan fingerprint density at radius 3 is 2.43 bits per heavy atom. The third kappa shape index (κ3) is 4.97. The van der Waals surface area contributed by atoms with Crippen LogP contribution in [0, 0.1) is 11.3 Å². The number of benzene rings is 1. The fraction of sp³-hybridized carbons (Fsp3) is 0.438. The molecule has 1 fully saturated rings. The summed E-state index contributed by atoms with van der Waals surface area (Å²) in [5.74, 6) is -0.233. The fourth-order valence-corrected chi connectivity index (χ4v) is 2.33. The molecule has 1 aromatic rings. The molecule has 2 rings (SSSR count). The van der Waals surface area contributed by atoms with Crippen LogP contribution < -0.4 is 5.32 Å². The minimum atomic E-state index is -0.233. The first-order valence-electron chi connectivity index (χ1n) is 7.56. The molecule has 7 nitrogen and oxygen atoms in total. The Labute approximate surface area is 135 Å². The summed E-state index contributed by atoms with van der Waals surface area (Å²) in [6.07, 6.45) is 0. The predicted molar refractivity (Wildman–Crippen MR) is 84.8 cm³/mol. The van der Waals surface area contributed by atoms with E-state index in [-0.39, 0.29) is 18.5 Å². The van der Waals surface area contributed by atoms with Crippen LogP contribution in [0.15, 0.2) is 24.3 Å². The van der Waals surface area contributed by atoms with Gasteiger partial charge in [0.2, 0.25) is 0 Å². The van der Waals surface area contributed by atoms with Crippen LogP contribution in [0.25, 0.3) is 0 Å². The zero-order valence-corrected chi connectivity index (χ0v) is 13.1. The van der Waals surface area contributed by atoms with Gasteiger partial charge in [0.15, 0.2) is 0 Å². The van der Waals surface area contributed by atoms with E-state index in [1.54, 1.807) is 36.1 Å². The molecule has 2 amide bonds. The summed E-state index contributed by atoms with van der Waals surface area (Å²) in [5, 5.41) is 11.6. The lowest BCUT2D eigenvalue weighted by atomic mass is 10.2. The molecule has 1 saturated heterocycles. The number of nitriles is 1. The van der Waals surface area contributed by atoms with Gasteiger partial charge in [0.1, 0.15) is 0 Å². The number of esters is 1. The zero-order chi connectivity index (χ0) is 16.7. The second kappa shape index (κ2) is 8.15. The molecular formula is C16H20N4O3. The van der Waals surface area contributed by atoms with Crippen molar-refractivity contribution < 1.29 is 14.3 Å². The summed E-state index contributed by atoms with van der Waals surface area (Å²) < 4.78 is 4.92. The molecule has 0 radical (unpaired) electrons. The normalized spacial score (nSPS) is 14.9. The van der Waals surface area contributed by atoms with Gasteiger partial charge in [-0.3, -0.25) is 9.69 Å². The molecule has 1 aromatic carbocycles. The lowest BCUT2D eigenvalue weighted by Gasteiger charge is -2.34. The molecule has 0 aliphatic carbocycles. The van der Waals surface area contributed by atoms with Crippen LogP contribution in [-0.4, -0.2) is 61.1 Å². The van der Waals surface area contributed by atoms with E-state index in [1.807, 2.05) is 11.0 Å². The molecule has 0 aromatic heterocycles. The quantitative estimate of drug-likeness (QED) is 0.846. The maximum Gasteiger partial charge on any atom is 0.321 e. The minimum absolute atomic E-state index is 0.175. The summed E-state index contributed by atoms with van der Waals surface area (Å²) in [7, 11) is 0. The maximum absolute atomic E-state index is 12.2. The highest BCUT2D eigenvalue weighted by molar-refractivity contribution is 5.89. The van der Waals surface area contributed by atoms with Gasteiger partial charge >= 0.3 is 12.0 Å². The van der Waals surface area contributed by atoms with Gasteiger partial charge in [-0.1, -0.05) is 0 Å². The van der Waals surface area contributed by atoms with Gasteiger partial charge in [0, 0.05) is 31.9 Å². The number of nitrogens with zero attached hydrogens (tertiary/aromatic N) is 3. The monoisotopic (exact) mass is 316 g/mol. The van der Waals surface area contributed by atoms with Crippen molar-refractivity contribution in [3.05, 3.63) is 29.8 Å². The summed E-state index contributed by atoms with van der Waals surface area (Å²) in [4.78, 5) is 27.3. The third-order valence-corrected chi connectivity index (χ3v) is 3.58. The van der Waals surface area contributed by atoms with Crippen molar-refractivity contribution in [3.63, 3.8) is 0 Å². The van der Waals surface area contributed by atoms with Crippen LogP contribution in [-0.2, 0) is 9.53 Å². The summed E-state index contributed by atoms with van der Waals surface area (Å²) in [5.41, 5.74) is 1.21. The van der Waals surface area contributed by atoms with Gasteiger partial charge in [-0.05, 0) is 31.2 Å². The van der Waals surface area contributed by atoms with Crippen molar-refractivity contribution in [3.8, 4) is 6.07 Å². The molecule has 1 N–H and O–H groups in total. The fourth-order valence-electron chi connectivity index (χ4n) is 2.33. The molecule has 7 heteroatoms. The first-order valence-corrected chi connectivity index (χ1v) is 7.56. The number of carbonyl (C=O) groups excluding carboxylic acids is 2. The Bertz CT molecular complexity index is 586. The van der Waals surface area contributed by atoms with Crippen molar-refractivity contribution in [2.24, 2.45) is 0 Å². The van der Waals surface area contributed by atoms with E-state index in [4.69, 9.17) is 10.00 Å². The zero-order valence-electron chi connectivity index (χ0n) is 13.1. The number of anilines is 1. The Balaban J connectivity index is 1.79. The number of hydrogen-bond donors (Lipinski definition) is 1. The van der Waals surface area contributed by atoms with Crippen LogP contribution in [0.1, 0.15) is 12.5 Å². The van der Waals surface area contributed by atoms with Crippen molar-refractivity contribution >= 4 is 17.7 Å². The Morgan fingerprint density at radius 1 is 1.22 bits per heavy atom. The van der Waals surface area contributed by atoms with Gasteiger partial charge in [-0.2, -0.15) is 5.26 Å². The highest BCUT2D eigenvalue weighted by Crippen LogP contribution is 2.11. The Hall–Kier alpha value is -2.59. The average molecular weight is 316 g/mol. The number of ether oxygens (including phenoxy) is 1. The number of nitrogens with one attached hydrogen (secondary N) is 1. The largest absolute Gasteiger partial charge is 0.465 e. The van der Waals surface area contributed by atoms with Crippen LogP contribution in [0.5, 0.6) is 0 Å². The smallest absolute Gasteiger partial charge is 0.321 e. The van der Waals surface area contributed by atoms with Crippen molar-refractivity contribution in [1.29, 1.82) is 5.26 Å². The van der Waals surface area contributed by atoms with Gasteiger partial charge in [-0.25, -0.2) is 4.79 Å². The van der Waals surface area contributed by atoms with Gasteiger partial charge < -0.3 is 15.0 Å². The van der Waals surface area contributed by atoms with Gasteiger partial charge in [0.25, 0.3) is 0 Å². The first kappa shape index (κ1) is 16.8. The van der Waals surface area contributed by atoms with Crippen LogP contribution >= 0.6 is 0 Å². The Kier molecular flexibility index (Phi) is 5.94. The van der Waals surface area contributed by atoms with E-state index in [9.17, 15) is 9.59 Å². The summed E-state index contributed by atoms with van der Waals surface area (Å²) >= 11 is 0. The number of piperazine rings is 1. The Morgan fingerprint density at radius 2 is 1.87 bits per heavy atom. The lowest BCUT2D eigenvalue weighted by Crippen LogP contribution is -2.51. The van der Waals surface area contributed by atoms with Gasteiger partial charge in [0.05, 0.1) is 24.8 Å². The predicted octanol–water partition coefficient (Wildman–Crippen LogP) is 1.27. The van der Waals surface area contributed by atoms with Crippen molar-refractivity contribution in [2.45, 2.75) is 6.92 Å². The van der Waals surface area contributed by atoms with Crippen LogP contribution in [0.4, 0.5) is 10.5 Å². The van der Waals surface area contributed by atoms with E-state index in [1.165, 1.54) is 0 Å². The maximum atomic E-state index is 12.2. The van der Waals surface area contributed by atoms with Crippen LogP contribution in [0.3, 0.4) is 0 Å². The lowest BCUT2D eigenvalue weighted by molar-refractivity contribution is -0.144. The minimum Gasteiger partial charge on any atom is -0.465 e. The van der Waals surface area contributed by atoms with Crippen LogP contribution in [0.2, 0.25) is 0 Å². The molecule has 0 saturated carbocycles. The summed E-state index contributed by atoms with van der Waals surface area (Å²) in [6, 6.07) is 8.58. The number of hydrogen-bond acceptors (Lipinski definition) is 5. The highest BCUT2D eigenvalue weighted by Gasteiger charge is 2.22. The summed E-state index contributed by atoms with van der Waals surface area (Å²) in [6.45, 7) is 4.82. The third-order valence-electron chi connectivity index (χ3n) is 3.58. The van der Waals surface area contributed by atoms with E-state index in [0.29, 0.717) is 44.0 Å². The number of amides is 2. The standard InChI is InChI=1S/C16H20N4O3/c1-2-23-15(21)12-19-7-9-20(10-8-19)16(22)18-14-5-3-13(11-17)4-6-14/h3-6H,2,7-10,12H2,1H3,(H,18,22). The molecule has 0 atom stereocenters. The highest BCUT2D eigenvalue weighted by atomic mass is 16.5. The number of urea groups is 1. The van der Waals surface area contributed by atoms with Crippen molar-refractivity contribution in [1.82, 2.24) is 9.80 Å². The SMILES string of the molecule is CCOC(=O)CN1CCN(C(=O)Nc2ccc(C#N)cc2)CC1. The van der Waals surface area contributed by atoms with E-state index in [2.05, 4.69) is 5.32 Å². The molecule has 0 spiro atoms. The second-order valence-electron chi connectivity index (χ2n) is 5.19. The number of rotatable bonds is 4. The molecule has 0 bridgehead atoms. The average Bonchev–Trinajstić information content (AvgIpc) is 2.56. The molecule has 1 aliphatic rings. The van der Waals surface area contributed by atoms with E-state index >= 15 is 0 Å². The van der Waals surface area contributed by atoms with E-state index < -0.39 is 0 Å². The van der Waals surface area contributed by atoms with Gasteiger partial charge in [-0.15, -0.1) is 0 Å². The molecule has 1 aliphatic heterocycles. The molecule has 0 unspecified atom stereocenters. The molecular weight excluding hydrogens is 296 g/mol. The number of carbonyl (C=O) groups is 2. The van der Waals surface area contributed by atoms with E-state index in [0.717, 1.165) is 0 Å².